The Hall–Kier alpha value is -4.34. The minimum Gasteiger partial charge on any atom is -0.460 e. The van der Waals surface area contributed by atoms with Crippen molar-refractivity contribution < 1.29 is 9.84 Å². The molecule has 5 aromatic carbocycles. The Morgan fingerprint density at radius 1 is 0.647 bits per heavy atom. The number of fused-ring (bicyclic) bond motifs is 7. The van der Waals surface area contributed by atoms with Crippen LogP contribution in [-0.2, 0) is 0 Å². The molecule has 0 saturated heterocycles. The largest absolute Gasteiger partial charge is 0.460 e. The van der Waals surface area contributed by atoms with E-state index in [0.29, 0.717) is 5.75 Å². The minimum absolute atomic E-state index is 0.696. The molecule has 1 aliphatic heterocycles. The number of hydrogen-bond acceptors (Lipinski definition) is 2. The quantitative estimate of drug-likeness (QED) is 0.303. The molecule has 3 nitrogen and oxygen atoms in total. The van der Waals surface area contributed by atoms with E-state index >= 15 is 0 Å². The van der Waals surface area contributed by atoms with Crippen molar-refractivity contribution >= 4 is 21.8 Å². The molecule has 0 spiro atoms. The molecule has 1 aromatic heterocycles. The second kappa shape index (κ2) is 7.34. The van der Waals surface area contributed by atoms with Crippen molar-refractivity contribution in [3.05, 3.63) is 121 Å². The number of hydrogen-bond donors (Lipinski definition) is 1. The standard InChI is InChI=1S/C31H21NO2/c33-31-26-15-5-4-14-24(26)29-28(34-31)18-17-25-23-13-6-7-16-27(23)32(30(25)29)22-12-8-11-21(19-22)20-9-2-1-3-10-20/h1-19,31,33H. The van der Waals surface area contributed by atoms with Crippen LogP contribution in [0.2, 0.25) is 0 Å². The van der Waals surface area contributed by atoms with E-state index < -0.39 is 6.29 Å². The maximum atomic E-state index is 10.6. The molecule has 3 heteroatoms. The summed E-state index contributed by atoms with van der Waals surface area (Å²) in [7, 11) is 0. The number of benzene rings is 5. The molecule has 6 aromatic rings. The maximum Gasteiger partial charge on any atom is 0.224 e. The lowest BCUT2D eigenvalue weighted by molar-refractivity contribution is -0.0211. The zero-order valence-electron chi connectivity index (χ0n) is 18.3. The maximum absolute atomic E-state index is 10.6. The summed E-state index contributed by atoms with van der Waals surface area (Å²) >= 11 is 0. The normalized spacial score (nSPS) is 14.6. The molecule has 0 amide bonds. The molecule has 0 fully saturated rings. The molecule has 1 unspecified atom stereocenters. The minimum atomic E-state index is -0.972. The zero-order valence-corrected chi connectivity index (χ0v) is 18.3. The second-order valence-corrected chi connectivity index (χ2v) is 8.66. The van der Waals surface area contributed by atoms with Gasteiger partial charge < -0.3 is 14.4 Å². The van der Waals surface area contributed by atoms with Gasteiger partial charge in [-0.05, 0) is 47.0 Å². The van der Waals surface area contributed by atoms with Crippen LogP contribution in [0.3, 0.4) is 0 Å². The third-order valence-corrected chi connectivity index (χ3v) is 6.74. The van der Waals surface area contributed by atoms with Crippen LogP contribution in [0.5, 0.6) is 5.75 Å². The van der Waals surface area contributed by atoms with Crippen molar-refractivity contribution in [3.63, 3.8) is 0 Å². The molecule has 0 saturated carbocycles. The number of rotatable bonds is 2. The van der Waals surface area contributed by atoms with Crippen molar-refractivity contribution in [2.24, 2.45) is 0 Å². The summed E-state index contributed by atoms with van der Waals surface area (Å²) in [4.78, 5) is 0. The van der Waals surface area contributed by atoms with E-state index in [2.05, 4.69) is 89.5 Å². The molecule has 162 valence electrons. The van der Waals surface area contributed by atoms with Crippen molar-refractivity contribution in [2.75, 3.05) is 0 Å². The number of aromatic nitrogens is 1. The first-order valence-corrected chi connectivity index (χ1v) is 11.5. The van der Waals surface area contributed by atoms with Gasteiger partial charge >= 0.3 is 0 Å². The molecule has 1 atom stereocenters. The van der Waals surface area contributed by atoms with Crippen LogP contribution in [0.4, 0.5) is 0 Å². The SMILES string of the molecule is OC1Oc2ccc3c4ccccc4n(-c4cccc(-c5ccccc5)c4)c3c2-c2ccccc21. The lowest BCUT2D eigenvalue weighted by Crippen LogP contribution is -2.13. The fourth-order valence-corrected chi connectivity index (χ4v) is 5.24. The summed E-state index contributed by atoms with van der Waals surface area (Å²) in [6.45, 7) is 0. The van der Waals surface area contributed by atoms with E-state index in [-0.39, 0.29) is 0 Å². The summed E-state index contributed by atoms with van der Waals surface area (Å²) in [6.07, 6.45) is -0.972. The topological polar surface area (TPSA) is 34.4 Å². The lowest BCUT2D eigenvalue weighted by atomic mass is 9.94. The van der Waals surface area contributed by atoms with Crippen LogP contribution >= 0.6 is 0 Å². The van der Waals surface area contributed by atoms with Crippen LogP contribution in [0, 0.1) is 0 Å². The Morgan fingerprint density at radius 2 is 1.41 bits per heavy atom. The predicted molar refractivity (Wildman–Crippen MR) is 137 cm³/mol. The summed E-state index contributed by atoms with van der Waals surface area (Å²) < 4.78 is 8.32. The molecule has 1 N–H and O–H groups in total. The summed E-state index contributed by atoms with van der Waals surface area (Å²) in [5.41, 5.74) is 8.47. The third kappa shape index (κ3) is 2.74. The van der Waals surface area contributed by atoms with Crippen molar-refractivity contribution in [2.45, 2.75) is 6.29 Å². The van der Waals surface area contributed by atoms with Gasteiger partial charge in [0.05, 0.1) is 11.0 Å². The summed E-state index contributed by atoms with van der Waals surface area (Å²) in [6, 6.07) is 39.7. The van der Waals surface area contributed by atoms with Gasteiger partial charge in [0.15, 0.2) is 0 Å². The Labute approximate surface area is 197 Å². The van der Waals surface area contributed by atoms with E-state index in [1.807, 2.05) is 30.3 Å². The highest BCUT2D eigenvalue weighted by molar-refractivity contribution is 6.15. The zero-order chi connectivity index (χ0) is 22.6. The van der Waals surface area contributed by atoms with Crippen molar-refractivity contribution in [3.8, 4) is 33.7 Å². The van der Waals surface area contributed by atoms with Gasteiger partial charge in [0.25, 0.3) is 0 Å². The first kappa shape index (κ1) is 19.2. The molecule has 7 rings (SSSR count). The fraction of sp³-hybridized carbons (Fsp3) is 0.0323. The average molecular weight is 440 g/mol. The van der Waals surface area contributed by atoms with E-state index in [1.54, 1.807) is 0 Å². The van der Waals surface area contributed by atoms with Gasteiger partial charge in [-0.1, -0.05) is 84.9 Å². The molecule has 2 heterocycles. The van der Waals surface area contributed by atoms with Crippen LogP contribution in [0.15, 0.2) is 115 Å². The van der Waals surface area contributed by atoms with Crippen molar-refractivity contribution in [1.82, 2.24) is 4.57 Å². The molecular formula is C31H21NO2. The monoisotopic (exact) mass is 439 g/mol. The Morgan fingerprint density at radius 3 is 2.32 bits per heavy atom. The van der Waals surface area contributed by atoms with Crippen molar-refractivity contribution in [1.29, 1.82) is 0 Å². The van der Waals surface area contributed by atoms with Gasteiger partial charge in [-0.15, -0.1) is 0 Å². The number of nitrogens with zero attached hydrogens (tertiary/aromatic N) is 1. The molecule has 0 bridgehead atoms. The van der Waals surface area contributed by atoms with Gasteiger partial charge in [0.2, 0.25) is 6.29 Å². The third-order valence-electron chi connectivity index (χ3n) is 6.74. The second-order valence-electron chi connectivity index (χ2n) is 8.66. The summed E-state index contributed by atoms with van der Waals surface area (Å²) in [5.74, 6) is 0.696. The highest BCUT2D eigenvalue weighted by atomic mass is 16.6. The first-order chi connectivity index (χ1) is 16.8. The molecule has 34 heavy (non-hydrogen) atoms. The van der Waals surface area contributed by atoms with Gasteiger partial charge in [-0.25, -0.2) is 0 Å². The van der Waals surface area contributed by atoms with E-state index in [9.17, 15) is 5.11 Å². The molecular weight excluding hydrogens is 418 g/mol. The number of para-hydroxylation sites is 1. The van der Waals surface area contributed by atoms with E-state index in [0.717, 1.165) is 38.8 Å². The summed E-state index contributed by atoms with van der Waals surface area (Å²) in [5, 5.41) is 13.0. The van der Waals surface area contributed by atoms with Crippen LogP contribution in [-0.4, -0.2) is 9.67 Å². The van der Waals surface area contributed by atoms with Gasteiger partial charge in [0.1, 0.15) is 5.75 Å². The first-order valence-electron chi connectivity index (χ1n) is 11.5. The highest BCUT2D eigenvalue weighted by Crippen LogP contribution is 2.48. The van der Waals surface area contributed by atoms with Crippen LogP contribution in [0.25, 0.3) is 49.7 Å². The number of aliphatic hydroxyl groups excluding tert-OH is 1. The Balaban J connectivity index is 1.60. The predicted octanol–water partition coefficient (Wildman–Crippen LogP) is 7.50. The number of ether oxygens (including phenoxy) is 1. The lowest BCUT2D eigenvalue weighted by Gasteiger charge is -2.26. The van der Waals surface area contributed by atoms with Gasteiger partial charge in [-0.2, -0.15) is 0 Å². The van der Waals surface area contributed by atoms with E-state index in [4.69, 9.17) is 4.74 Å². The Kier molecular flexibility index (Phi) is 4.14. The average Bonchev–Trinajstić information content (AvgIpc) is 3.24. The van der Waals surface area contributed by atoms with Gasteiger partial charge in [0, 0.05) is 27.6 Å². The Bertz CT molecular complexity index is 1700. The number of aliphatic hydroxyl groups is 1. The smallest absolute Gasteiger partial charge is 0.224 e. The molecule has 0 aliphatic carbocycles. The highest BCUT2D eigenvalue weighted by Gasteiger charge is 2.28. The van der Waals surface area contributed by atoms with Gasteiger partial charge in [-0.3, -0.25) is 0 Å². The molecule has 0 radical (unpaired) electrons. The van der Waals surface area contributed by atoms with E-state index in [1.165, 1.54) is 16.5 Å². The molecule has 1 aliphatic rings. The fourth-order valence-electron chi connectivity index (χ4n) is 5.24. The van der Waals surface area contributed by atoms with Crippen LogP contribution in [0.1, 0.15) is 11.9 Å². The van der Waals surface area contributed by atoms with Crippen LogP contribution < -0.4 is 4.74 Å².